The fraction of sp³-hybridized carbons (Fsp3) is 0.421. The Bertz CT molecular complexity index is 939. The maximum atomic E-state index is 14.0. The lowest BCUT2D eigenvalue weighted by Gasteiger charge is -2.30. The summed E-state index contributed by atoms with van der Waals surface area (Å²) in [6.07, 6.45) is -1.04. The molecule has 1 heterocycles. The maximum absolute atomic E-state index is 14.0. The van der Waals surface area contributed by atoms with Crippen LogP contribution in [0.5, 0.6) is 0 Å². The van der Waals surface area contributed by atoms with E-state index in [4.69, 9.17) is 31.2 Å². The number of aliphatic hydroxyl groups is 1. The molecule has 1 aromatic heterocycles. The van der Waals surface area contributed by atoms with Gasteiger partial charge in [-0.1, -0.05) is 24.3 Å². The fourth-order valence-corrected chi connectivity index (χ4v) is 2.59. The van der Waals surface area contributed by atoms with Crippen LogP contribution < -0.4 is 5.73 Å². The Morgan fingerprint density at radius 2 is 2.07 bits per heavy atom. The molecule has 2 atom stereocenters. The van der Waals surface area contributed by atoms with Crippen LogP contribution >= 0.6 is 11.6 Å². The van der Waals surface area contributed by atoms with Crippen molar-refractivity contribution >= 4 is 34.6 Å². The first kappa shape index (κ1) is 22.8. The average molecular weight is 429 g/mol. The molecule has 1 aromatic carbocycles. The lowest BCUT2D eigenvalue weighted by molar-refractivity contribution is -0.173. The Hall–Kier alpha value is -2.49. The summed E-state index contributed by atoms with van der Waals surface area (Å²) in [5, 5.41) is 10.6. The van der Waals surface area contributed by atoms with Gasteiger partial charge in [0.25, 0.3) is 0 Å². The maximum Gasteiger partial charge on any atom is 0.338 e. The van der Waals surface area contributed by atoms with Crippen LogP contribution in [0.15, 0.2) is 29.2 Å². The molecule has 0 fully saturated rings. The standard InChI is InChI=1S/C19H22ClFN2O6/c1-5-6-27-16(25)19(22,17(26)29-18(2,3)4)9-12(24)15-23-14-11(21)7-10(20)8-13(14)28-15/h5,7-8,12,24H,1,6,9,22H2,2-4H3/t12?,19-/m0/s1. The number of carbonyl (C=O) groups is 2. The molecule has 2 aromatic rings. The molecular formula is C19H22ClFN2O6. The predicted octanol–water partition coefficient (Wildman–Crippen LogP) is 2.81. The van der Waals surface area contributed by atoms with Crippen LogP contribution in [0.2, 0.25) is 5.02 Å². The Kier molecular flexibility index (Phi) is 6.67. The molecule has 3 N–H and O–H groups in total. The van der Waals surface area contributed by atoms with Crippen LogP contribution in [-0.4, -0.2) is 39.8 Å². The first-order valence-corrected chi connectivity index (χ1v) is 8.99. The van der Waals surface area contributed by atoms with E-state index in [-0.39, 0.29) is 28.6 Å². The van der Waals surface area contributed by atoms with Crippen LogP contribution in [0.4, 0.5) is 4.39 Å². The van der Waals surface area contributed by atoms with E-state index in [0.717, 1.165) is 6.07 Å². The monoisotopic (exact) mass is 428 g/mol. The molecule has 0 bridgehead atoms. The van der Waals surface area contributed by atoms with Crippen LogP contribution in [0.25, 0.3) is 11.1 Å². The van der Waals surface area contributed by atoms with E-state index in [0.29, 0.717) is 0 Å². The molecule has 1 unspecified atom stereocenters. The number of ether oxygens (including phenoxy) is 2. The van der Waals surface area contributed by atoms with E-state index in [2.05, 4.69) is 11.6 Å². The van der Waals surface area contributed by atoms with Crippen molar-refractivity contribution in [1.29, 1.82) is 0 Å². The number of esters is 2. The van der Waals surface area contributed by atoms with E-state index in [1.165, 1.54) is 12.1 Å². The molecule has 10 heteroatoms. The van der Waals surface area contributed by atoms with Crippen molar-refractivity contribution in [3.63, 3.8) is 0 Å². The van der Waals surface area contributed by atoms with Gasteiger partial charge in [-0.05, 0) is 26.8 Å². The van der Waals surface area contributed by atoms with Gasteiger partial charge in [-0.2, -0.15) is 0 Å². The number of aromatic nitrogens is 1. The van der Waals surface area contributed by atoms with E-state index in [1.807, 2.05) is 0 Å². The van der Waals surface area contributed by atoms with Gasteiger partial charge in [0, 0.05) is 17.5 Å². The van der Waals surface area contributed by atoms with Crippen molar-refractivity contribution in [2.45, 2.75) is 44.4 Å². The van der Waals surface area contributed by atoms with Gasteiger partial charge in [-0.25, -0.2) is 19.0 Å². The zero-order valence-corrected chi connectivity index (χ0v) is 17.0. The van der Waals surface area contributed by atoms with Gasteiger partial charge < -0.3 is 24.7 Å². The van der Waals surface area contributed by atoms with E-state index < -0.39 is 41.4 Å². The third-order valence-electron chi connectivity index (χ3n) is 3.69. The van der Waals surface area contributed by atoms with E-state index in [1.54, 1.807) is 20.8 Å². The summed E-state index contributed by atoms with van der Waals surface area (Å²) >= 11 is 5.77. The molecule has 0 aliphatic carbocycles. The van der Waals surface area contributed by atoms with E-state index >= 15 is 0 Å². The van der Waals surface area contributed by atoms with Gasteiger partial charge in [-0.3, -0.25) is 0 Å². The second kappa shape index (κ2) is 8.48. The predicted molar refractivity (Wildman–Crippen MR) is 102 cm³/mol. The number of hydrogen-bond acceptors (Lipinski definition) is 8. The van der Waals surface area contributed by atoms with Crippen LogP contribution in [0, 0.1) is 5.82 Å². The Balaban J connectivity index is 2.36. The minimum Gasteiger partial charge on any atom is -0.460 e. The zero-order chi connectivity index (χ0) is 22.0. The highest BCUT2D eigenvalue weighted by Gasteiger charge is 2.49. The van der Waals surface area contributed by atoms with Crippen molar-refractivity contribution in [2.75, 3.05) is 6.61 Å². The summed E-state index contributed by atoms with van der Waals surface area (Å²) in [4.78, 5) is 28.9. The van der Waals surface area contributed by atoms with Gasteiger partial charge in [-0.15, -0.1) is 0 Å². The highest BCUT2D eigenvalue weighted by Crippen LogP contribution is 2.30. The second-order valence-corrected chi connectivity index (χ2v) is 7.80. The summed E-state index contributed by atoms with van der Waals surface area (Å²) in [5.74, 6) is -3.35. The van der Waals surface area contributed by atoms with Gasteiger partial charge in [0.15, 0.2) is 11.4 Å². The van der Waals surface area contributed by atoms with Gasteiger partial charge in [0.1, 0.15) is 23.8 Å². The molecule has 0 aliphatic heterocycles. The lowest BCUT2D eigenvalue weighted by Crippen LogP contribution is -2.58. The second-order valence-electron chi connectivity index (χ2n) is 7.37. The molecule has 0 radical (unpaired) electrons. The van der Waals surface area contributed by atoms with Gasteiger partial charge in [0.2, 0.25) is 11.4 Å². The zero-order valence-electron chi connectivity index (χ0n) is 16.2. The summed E-state index contributed by atoms with van der Waals surface area (Å²) in [7, 11) is 0. The first-order chi connectivity index (χ1) is 13.4. The minimum absolute atomic E-state index is 0.0156. The summed E-state index contributed by atoms with van der Waals surface area (Å²) in [6, 6.07) is 2.34. The third-order valence-corrected chi connectivity index (χ3v) is 3.91. The van der Waals surface area contributed by atoms with Crippen LogP contribution in [-0.2, 0) is 19.1 Å². The van der Waals surface area contributed by atoms with Crippen molar-refractivity contribution in [3.05, 3.63) is 41.5 Å². The smallest absolute Gasteiger partial charge is 0.338 e. The number of hydrogen-bond donors (Lipinski definition) is 2. The number of halogens is 2. The quantitative estimate of drug-likeness (QED) is 0.392. The topological polar surface area (TPSA) is 125 Å². The SMILES string of the molecule is C=CCOC(=O)[C@@](N)(CC(O)c1nc2c(F)cc(Cl)cc2o1)C(=O)OC(C)(C)C. The minimum atomic E-state index is -2.37. The molecule has 0 amide bonds. The van der Waals surface area contributed by atoms with Crippen molar-refractivity contribution in [1.82, 2.24) is 4.98 Å². The third kappa shape index (κ3) is 5.31. The number of benzene rings is 1. The number of rotatable bonds is 7. The number of aliphatic hydroxyl groups excluding tert-OH is 1. The highest BCUT2D eigenvalue weighted by molar-refractivity contribution is 6.31. The average Bonchev–Trinajstić information content (AvgIpc) is 3.02. The number of oxazole rings is 1. The molecule has 2 rings (SSSR count). The highest BCUT2D eigenvalue weighted by atomic mass is 35.5. The summed E-state index contributed by atoms with van der Waals surface area (Å²) < 4.78 is 29.4. The van der Waals surface area contributed by atoms with Gasteiger partial charge >= 0.3 is 11.9 Å². The number of nitrogens with two attached hydrogens (primary N) is 1. The normalized spacial score (nSPS) is 14.9. The molecule has 158 valence electrons. The van der Waals surface area contributed by atoms with E-state index in [9.17, 15) is 19.1 Å². The Morgan fingerprint density at radius 1 is 1.41 bits per heavy atom. The summed E-state index contributed by atoms with van der Waals surface area (Å²) in [6.45, 7) is 7.97. The molecule has 29 heavy (non-hydrogen) atoms. The largest absolute Gasteiger partial charge is 0.460 e. The molecule has 0 saturated carbocycles. The molecule has 8 nitrogen and oxygen atoms in total. The molecule has 0 saturated heterocycles. The number of fused-ring (bicyclic) bond motifs is 1. The van der Waals surface area contributed by atoms with Crippen LogP contribution in [0.3, 0.4) is 0 Å². The molecular weight excluding hydrogens is 407 g/mol. The van der Waals surface area contributed by atoms with Crippen molar-refractivity contribution in [2.24, 2.45) is 5.73 Å². The summed E-state index contributed by atoms with van der Waals surface area (Å²) in [5.41, 5.74) is 2.50. The Morgan fingerprint density at radius 3 is 2.66 bits per heavy atom. The molecule has 0 aliphatic rings. The number of nitrogens with zero attached hydrogens (tertiary/aromatic N) is 1. The number of carbonyl (C=O) groups excluding carboxylic acids is 2. The fourth-order valence-electron chi connectivity index (χ4n) is 2.39. The Labute approximate surface area is 171 Å². The first-order valence-electron chi connectivity index (χ1n) is 8.61. The van der Waals surface area contributed by atoms with Crippen molar-refractivity contribution < 1.29 is 33.0 Å². The molecule has 0 spiro atoms. The lowest BCUT2D eigenvalue weighted by atomic mass is 9.92. The van der Waals surface area contributed by atoms with Crippen molar-refractivity contribution in [3.8, 4) is 0 Å². The van der Waals surface area contributed by atoms with Gasteiger partial charge in [0.05, 0.1) is 0 Å². The van der Waals surface area contributed by atoms with Crippen LogP contribution in [0.1, 0.15) is 39.2 Å².